The standard InChI is InChI=1S/C33H33N3O/c1-33(2,3)28-19-15-25(16-20-28)23-36-30-12-8-7-11-29(30)35-31(36)22-34-32(37)21-24-13-17-27(18-14-24)26-9-5-4-6-10-26/h4-20H,21-23H2,1-3H3,(H,34,37). The predicted molar refractivity (Wildman–Crippen MR) is 151 cm³/mol. The number of imidazole rings is 1. The summed E-state index contributed by atoms with van der Waals surface area (Å²) in [5.41, 5.74) is 7.97. The third-order valence-electron chi connectivity index (χ3n) is 6.76. The number of nitrogens with one attached hydrogen (secondary N) is 1. The van der Waals surface area contributed by atoms with Crippen LogP contribution in [0.3, 0.4) is 0 Å². The zero-order valence-electron chi connectivity index (χ0n) is 21.7. The molecule has 4 heteroatoms. The monoisotopic (exact) mass is 487 g/mol. The van der Waals surface area contributed by atoms with Gasteiger partial charge in [0.1, 0.15) is 5.82 Å². The van der Waals surface area contributed by atoms with Crippen molar-refractivity contribution in [1.29, 1.82) is 0 Å². The first-order valence-corrected chi connectivity index (χ1v) is 12.8. The van der Waals surface area contributed by atoms with E-state index >= 15 is 0 Å². The van der Waals surface area contributed by atoms with Crippen molar-refractivity contribution < 1.29 is 4.79 Å². The van der Waals surface area contributed by atoms with Crippen LogP contribution in [0.5, 0.6) is 0 Å². The lowest BCUT2D eigenvalue weighted by Crippen LogP contribution is -2.26. The smallest absolute Gasteiger partial charge is 0.224 e. The number of fused-ring (bicyclic) bond motifs is 1. The number of para-hydroxylation sites is 2. The van der Waals surface area contributed by atoms with Crippen molar-refractivity contribution >= 4 is 16.9 Å². The van der Waals surface area contributed by atoms with E-state index in [4.69, 9.17) is 4.98 Å². The zero-order chi connectivity index (χ0) is 25.8. The van der Waals surface area contributed by atoms with Crippen LogP contribution in [0.1, 0.15) is 43.3 Å². The first-order valence-electron chi connectivity index (χ1n) is 12.8. The van der Waals surface area contributed by atoms with Gasteiger partial charge in [-0.1, -0.05) is 112 Å². The average molecular weight is 488 g/mol. The molecule has 0 fully saturated rings. The number of carbonyl (C=O) groups is 1. The molecule has 0 aliphatic heterocycles. The Morgan fingerprint density at radius 2 is 1.38 bits per heavy atom. The molecule has 0 bridgehead atoms. The van der Waals surface area contributed by atoms with Crippen LogP contribution in [-0.2, 0) is 29.7 Å². The Kier molecular flexibility index (Phi) is 6.91. The molecule has 0 saturated carbocycles. The zero-order valence-corrected chi connectivity index (χ0v) is 21.7. The Balaban J connectivity index is 1.28. The van der Waals surface area contributed by atoms with Gasteiger partial charge in [0.2, 0.25) is 5.91 Å². The molecular weight excluding hydrogens is 454 g/mol. The average Bonchev–Trinajstić information content (AvgIpc) is 3.25. The van der Waals surface area contributed by atoms with E-state index in [9.17, 15) is 4.79 Å². The van der Waals surface area contributed by atoms with E-state index in [2.05, 4.69) is 85.3 Å². The summed E-state index contributed by atoms with van der Waals surface area (Å²) in [6, 6.07) is 35.4. The van der Waals surface area contributed by atoms with Gasteiger partial charge in [-0.3, -0.25) is 4.79 Å². The van der Waals surface area contributed by atoms with Crippen molar-refractivity contribution in [3.05, 3.63) is 126 Å². The van der Waals surface area contributed by atoms with Crippen LogP contribution in [0.4, 0.5) is 0 Å². The summed E-state index contributed by atoms with van der Waals surface area (Å²) >= 11 is 0. The molecule has 1 aromatic heterocycles. The van der Waals surface area contributed by atoms with Crippen molar-refractivity contribution in [2.45, 2.75) is 45.7 Å². The molecule has 186 valence electrons. The van der Waals surface area contributed by atoms with Gasteiger partial charge >= 0.3 is 0 Å². The van der Waals surface area contributed by atoms with E-state index in [0.717, 1.165) is 28.0 Å². The van der Waals surface area contributed by atoms with E-state index in [-0.39, 0.29) is 11.3 Å². The van der Waals surface area contributed by atoms with Crippen LogP contribution in [0.2, 0.25) is 0 Å². The minimum atomic E-state index is -0.0133. The van der Waals surface area contributed by atoms with Gasteiger partial charge in [-0.25, -0.2) is 4.98 Å². The third kappa shape index (κ3) is 5.80. The normalized spacial score (nSPS) is 11.5. The molecule has 0 aliphatic carbocycles. The van der Waals surface area contributed by atoms with Crippen molar-refractivity contribution in [1.82, 2.24) is 14.9 Å². The van der Waals surface area contributed by atoms with Crippen molar-refractivity contribution in [3.8, 4) is 11.1 Å². The van der Waals surface area contributed by atoms with Gasteiger partial charge in [-0.2, -0.15) is 0 Å². The number of rotatable bonds is 7. The molecule has 0 atom stereocenters. The molecule has 0 radical (unpaired) electrons. The van der Waals surface area contributed by atoms with E-state index < -0.39 is 0 Å². The molecule has 0 unspecified atom stereocenters. The van der Waals surface area contributed by atoms with Gasteiger partial charge in [0.15, 0.2) is 0 Å². The molecule has 4 nitrogen and oxygen atoms in total. The molecular formula is C33H33N3O. The first kappa shape index (κ1) is 24.5. The van der Waals surface area contributed by atoms with Gasteiger partial charge in [0, 0.05) is 6.54 Å². The topological polar surface area (TPSA) is 46.9 Å². The minimum absolute atomic E-state index is 0.0133. The highest BCUT2D eigenvalue weighted by atomic mass is 16.1. The lowest BCUT2D eigenvalue weighted by Gasteiger charge is -2.19. The second-order valence-corrected chi connectivity index (χ2v) is 10.6. The minimum Gasteiger partial charge on any atom is -0.349 e. The van der Waals surface area contributed by atoms with Crippen LogP contribution < -0.4 is 5.32 Å². The maximum absolute atomic E-state index is 12.8. The maximum Gasteiger partial charge on any atom is 0.224 e. The Bertz CT molecular complexity index is 1490. The van der Waals surface area contributed by atoms with E-state index in [1.54, 1.807) is 0 Å². The van der Waals surface area contributed by atoms with E-state index in [1.165, 1.54) is 16.7 Å². The molecule has 1 N–H and O–H groups in total. The summed E-state index contributed by atoms with van der Waals surface area (Å²) in [6.45, 7) is 7.77. The summed E-state index contributed by atoms with van der Waals surface area (Å²) in [5, 5.41) is 3.09. The molecule has 37 heavy (non-hydrogen) atoms. The first-order chi connectivity index (χ1) is 17.9. The summed E-state index contributed by atoms with van der Waals surface area (Å²) in [5.74, 6) is 0.842. The lowest BCUT2D eigenvalue weighted by atomic mass is 9.87. The van der Waals surface area contributed by atoms with Crippen molar-refractivity contribution in [2.75, 3.05) is 0 Å². The Morgan fingerprint density at radius 1 is 0.757 bits per heavy atom. The van der Waals surface area contributed by atoms with E-state index in [1.807, 2.05) is 48.5 Å². The number of carbonyl (C=O) groups excluding carboxylic acids is 1. The fourth-order valence-corrected chi connectivity index (χ4v) is 4.60. The van der Waals surface area contributed by atoms with Crippen LogP contribution >= 0.6 is 0 Å². The van der Waals surface area contributed by atoms with Gasteiger partial charge in [-0.05, 0) is 45.4 Å². The number of nitrogens with zero attached hydrogens (tertiary/aromatic N) is 2. The molecule has 5 aromatic rings. The number of amides is 1. The van der Waals surface area contributed by atoms with Crippen LogP contribution in [0.15, 0.2) is 103 Å². The second-order valence-electron chi connectivity index (χ2n) is 10.6. The number of aromatic nitrogens is 2. The molecule has 1 heterocycles. The lowest BCUT2D eigenvalue weighted by molar-refractivity contribution is -0.120. The molecule has 0 saturated heterocycles. The van der Waals surface area contributed by atoms with E-state index in [0.29, 0.717) is 19.5 Å². The number of hydrogen-bond acceptors (Lipinski definition) is 2. The maximum atomic E-state index is 12.8. The highest BCUT2D eigenvalue weighted by Gasteiger charge is 2.15. The van der Waals surface area contributed by atoms with Crippen LogP contribution in [0.25, 0.3) is 22.2 Å². The van der Waals surface area contributed by atoms with Gasteiger partial charge in [0.05, 0.1) is 24.0 Å². The number of hydrogen-bond donors (Lipinski definition) is 1. The van der Waals surface area contributed by atoms with Gasteiger partial charge in [-0.15, -0.1) is 0 Å². The molecule has 1 amide bonds. The predicted octanol–water partition coefficient (Wildman–Crippen LogP) is 6.91. The fourth-order valence-electron chi connectivity index (χ4n) is 4.60. The molecule has 0 aliphatic rings. The van der Waals surface area contributed by atoms with Gasteiger partial charge in [0.25, 0.3) is 0 Å². The summed E-state index contributed by atoms with van der Waals surface area (Å²) in [7, 11) is 0. The van der Waals surface area contributed by atoms with Crippen LogP contribution in [-0.4, -0.2) is 15.5 Å². The highest BCUT2D eigenvalue weighted by molar-refractivity contribution is 5.79. The van der Waals surface area contributed by atoms with Crippen molar-refractivity contribution in [3.63, 3.8) is 0 Å². The largest absolute Gasteiger partial charge is 0.349 e. The summed E-state index contributed by atoms with van der Waals surface area (Å²) in [6.07, 6.45) is 0.337. The SMILES string of the molecule is CC(C)(C)c1ccc(Cn2c(CNC(=O)Cc3ccc(-c4ccccc4)cc3)nc3ccccc32)cc1. The van der Waals surface area contributed by atoms with Gasteiger partial charge < -0.3 is 9.88 Å². The Hall–Kier alpha value is -4.18. The third-order valence-corrected chi connectivity index (χ3v) is 6.76. The second kappa shape index (κ2) is 10.4. The molecule has 4 aromatic carbocycles. The fraction of sp³-hybridized carbons (Fsp3) is 0.212. The van der Waals surface area contributed by atoms with Crippen LogP contribution in [0, 0.1) is 0 Å². The summed E-state index contributed by atoms with van der Waals surface area (Å²) in [4.78, 5) is 17.6. The Morgan fingerprint density at radius 3 is 2.08 bits per heavy atom. The molecule has 5 rings (SSSR count). The van der Waals surface area contributed by atoms with Crippen molar-refractivity contribution in [2.24, 2.45) is 0 Å². The summed E-state index contributed by atoms with van der Waals surface area (Å²) < 4.78 is 2.20. The Labute approximate surface area is 219 Å². The highest BCUT2D eigenvalue weighted by Crippen LogP contribution is 2.24. The quantitative estimate of drug-likeness (QED) is 0.271. The molecule has 0 spiro atoms. The number of benzene rings is 4.